The average Bonchev–Trinajstić information content (AvgIpc) is 2.94. The van der Waals surface area contributed by atoms with Gasteiger partial charge in [0.25, 0.3) is 0 Å². The van der Waals surface area contributed by atoms with Gasteiger partial charge in [-0.1, -0.05) is 12.1 Å². The molecule has 0 spiro atoms. The number of amides is 2. The Morgan fingerprint density at radius 1 is 1.24 bits per heavy atom. The van der Waals surface area contributed by atoms with Crippen LogP contribution in [0.4, 0.5) is 10.5 Å². The largest absolute Gasteiger partial charge is 0.478 e. The number of hydrogen-bond acceptors (Lipinski definition) is 3. The molecule has 1 aromatic carbocycles. The molecule has 0 aliphatic carbocycles. The van der Waals surface area contributed by atoms with Crippen molar-refractivity contribution in [2.45, 2.75) is 13.0 Å². The van der Waals surface area contributed by atoms with E-state index in [2.05, 4.69) is 5.32 Å². The van der Waals surface area contributed by atoms with Crippen LogP contribution in [0.15, 0.2) is 35.7 Å². The number of thiophene rings is 1. The number of rotatable bonds is 2. The van der Waals surface area contributed by atoms with E-state index in [1.807, 2.05) is 11.4 Å². The van der Waals surface area contributed by atoms with Crippen molar-refractivity contribution >= 4 is 29.0 Å². The highest BCUT2D eigenvalue weighted by atomic mass is 32.1. The number of carboxylic acid groups (broad SMARTS) is 1. The fourth-order valence-corrected chi connectivity index (χ4v) is 3.28. The molecule has 0 saturated heterocycles. The predicted molar refractivity (Wildman–Crippen MR) is 80.9 cm³/mol. The number of para-hydroxylation sites is 1. The Morgan fingerprint density at radius 3 is 2.86 bits per heavy atom. The number of benzene rings is 1. The number of nitrogens with zero attached hydrogens (tertiary/aromatic N) is 1. The average molecular weight is 302 g/mol. The summed E-state index contributed by atoms with van der Waals surface area (Å²) in [6.07, 6.45) is 0.848. The van der Waals surface area contributed by atoms with Crippen LogP contribution < -0.4 is 5.32 Å². The highest BCUT2D eigenvalue weighted by Crippen LogP contribution is 2.24. The van der Waals surface area contributed by atoms with Gasteiger partial charge in [0.2, 0.25) is 0 Å². The van der Waals surface area contributed by atoms with E-state index in [9.17, 15) is 9.59 Å². The summed E-state index contributed by atoms with van der Waals surface area (Å²) in [6, 6.07) is 8.18. The molecule has 3 rings (SSSR count). The van der Waals surface area contributed by atoms with Gasteiger partial charge in [0.15, 0.2) is 0 Å². The SMILES string of the molecule is O=C(O)c1ccccc1NC(=O)N1CCc2sccc2C1. The third-order valence-corrected chi connectivity index (χ3v) is 4.52. The van der Waals surface area contributed by atoms with E-state index in [1.165, 1.54) is 16.5 Å². The minimum atomic E-state index is -1.05. The lowest BCUT2D eigenvalue weighted by Gasteiger charge is -2.27. The Labute approximate surface area is 125 Å². The number of carbonyl (C=O) groups excluding carboxylic acids is 1. The first-order valence-corrected chi connectivity index (χ1v) is 7.46. The molecule has 2 N–H and O–H groups in total. The normalized spacial score (nSPS) is 13.6. The van der Waals surface area contributed by atoms with Crippen LogP contribution in [-0.2, 0) is 13.0 Å². The summed E-state index contributed by atoms with van der Waals surface area (Å²) in [6.45, 7) is 1.22. The summed E-state index contributed by atoms with van der Waals surface area (Å²) in [5, 5.41) is 13.9. The number of carbonyl (C=O) groups is 2. The molecular weight excluding hydrogens is 288 g/mol. The van der Waals surface area contributed by atoms with Crippen LogP contribution in [0.1, 0.15) is 20.8 Å². The molecule has 0 fully saturated rings. The van der Waals surface area contributed by atoms with Crippen LogP contribution >= 0.6 is 11.3 Å². The third-order valence-electron chi connectivity index (χ3n) is 3.49. The highest BCUT2D eigenvalue weighted by molar-refractivity contribution is 7.10. The molecule has 0 unspecified atom stereocenters. The van der Waals surface area contributed by atoms with E-state index in [-0.39, 0.29) is 11.6 Å². The molecule has 21 heavy (non-hydrogen) atoms. The monoisotopic (exact) mass is 302 g/mol. The molecule has 6 heteroatoms. The van der Waals surface area contributed by atoms with E-state index in [1.54, 1.807) is 34.4 Å². The van der Waals surface area contributed by atoms with Crippen molar-refractivity contribution in [2.24, 2.45) is 0 Å². The number of anilines is 1. The van der Waals surface area contributed by atoms with Crippen molar-refractivity contribution < 1.29 is 14.7 Å². The van der Waals surface area contributed by atoms with Crippen molar-refractivity contribution in [1.29, 1.82) is 0 Å². The maximum absolute atomic E-state index is 12.3. The number of fused-ring (bicyclic) bond motifs is 1. The highest BCUT2D eigenvalue weighted by Gasteiger charge is 2.22. The fourth-order valence-electron chi connectivity index (χ4n) is 2.39. The molecule has 108 valence electrons. The molecule has 1 aliphatic rings. The van der Waals surface area contributed by atoms with Crippen LogP contribution in [0.2, 0.25) is 0 Å². The minimum absolute atomic E-state index is 0.0964. The number of hydrogen-bond donors (Lipinski definition) is 2. The number of urea groups is 1. The summed E-state index contributed by atoms with van der Waals surface area (Å²) >= 11 is 1.71. The lowest BCUT2D eigenvalue weighted by Crippen LogP contribution is -2.38. The molecule has 0 atom stereocenters. The number of carboxylic acids is 1. The third kappa shape index (κ3) is 2.75. The Hall–Kier alpha value is -2.34. The Balaban J connectivity index is 1.75. The molecular formula is C15H14N2O3S. The summed E-state index contributed by atoms with van der Waals surface area (Å²) in [7, 11) is 0. The quantitative estimate of drug-likeness (QED) is 0.896. The second-order valence-electron chi connectivity index (χ2n) is 4.82. The van der Waals surface area contributed by atoms with Gasteiger partial charge in [-0.2, -0.15) is 0 Å². The van der Waals surface area contributed by atoms with Crippen molar-refractivity contribution in [1.82, 2.24) is 4.90 Å². The first-order valence-electron chi connectivity index (χ1n) is 6.58. The van der Waals surface area contributed by atoms with Gasteiger partial charge >= 0.3 is 12.0 Å². The topological polar surface area (TPSA) is 69.6 Å². The maximum atomic E-state index is 12.3. The number of aromatic carboxylic acids is 1. The molecule has 5 nitrogen and oxygen atoms in total. The Morgan fingerprint density at radius 2 is 2.05 bits per heavy atom. The zero-order chi connectivity index (χ0) is 14.8. The first-order chi connectivity index (χ1) is 10.1. The number of nitrogens with one attached hydrogen (secondary N) is 1. The molecule has 1 aromatic heterocycles. The molecule has 0 bridgehead atoms. The van der Waals surface area contributed by atoms with Gasteiger partial charge < -0.3 is 15.3 Å². The van der Waals surface area contributed by atoms with Gasteiger partial charge in [-0.05, 0) is 35.6 Å². The van der Waals surface area contributed by atoms with Crippen LogP contribution in [0.25, 0.3) is 0 Å². The summed E-state index contributed by atoms with van der Waals surface area (Å²) in [5.41, 5.74) is 1.60. The molecule has 2 aromatic rings. The summed E-state index contributed by atoms with van der Waals surface area (Å²) in [5.74, 6) is -1.05. The fraction of sp³-hybridized carbons (Fsp3) is 0.200. The van der Waals surface area contributed by atoms with Crippen molar-refractivity contribution in [3.63, 3.8) is 0 Å². The lowest BCUT2D eigenvalue weighted by atomic mass is 10.1. The van der Waals surface area contributed by atoms with Crippen molar-refractivity contribution in [3.05, 3.63) is 51.7 Å². The molecule has 0 radical (unpaired) electrons. The van der Waals surface area contributed by atoms with E-state index < -0.39 is 5.97 Å². The summed E-state index contributed by atoms with van der Waals surface area (Å²) < 4.78 is 0. The van der Waals surface area contributed by atoms with Crippen molar-refractivity contribution in [2.75, 3.05) is 11.9 Å². The van der Waals surface area contributed by atoms with Gasteiger partial charge in [-0.25, -0.2) is 9.59 Å². The van der Waals surface area contributed by atoms with Crippen LogP contribution in [0, 0.1) is 0 Å². The zero-order valence-electron chi connectivity index (χ0n) is 11.2. The predicted octanol–water partition coefficient (Wildman–Crippen LogP) is 3.04. The standard InChI is InChI=1S/C15H14N2O3S/c18-14(19)11-3-1-2-4-12(11)16-15(20)17-7-5-13-10(9-17)6-8-21-13/h1-4,6,8H,5,7,9H2,(H,16,20)(H,18,19). The smallest absolute Gasteiger partial charge is 0.337 e. The van der Waals surface area contributed by atoms with Gasteiger partial charge in [0, 0.05) is 18.0 Å². The zero-order valence-corrected chi connectivity index (χ0v) is 12.0. The molecule has 2 amide bonds. The maximum Gasteiger partial charge on any atom is 0.337 e. The van der Waals surface area contributed by atoms with Crippen LogP contribution in [0.3, 0.4) is 0 Å². The first kappa shape index (κ1) is 13.6. The van der Waals surface area contributed by atoms with Gasteiger partial charge in [0.1, 0.15) is 0 Å². The van der Waals surface area contributed by atoms with E-state index in [0.29, 0.717) is 18.8 Å². The molecule has 1 aliphatic heterocycles. The van der Waals surface area contributed by atoms with Crippen molar-refractivity contribution in [3.8, 4) is 0 Å². The lowest BCUT2D eigenvalue weighted by molar-refractivity contribution is 0.0698. The van der Waals surface area contributed by atoms with Gasteiger partial charge in [0.05, 0.1) is 11.3 Å². The summed E-state index contributed by atoms with van der Waals surface area (Å²) in [4.78, 5) is 26.5. The van der Waals surface area contributed by atoms with E-state index in [0.717, 1.165) is 6.42 Å². The van der Waals surface area contributed by atoms with Gasteiger partial charge in [-0.3, -0.25) is 0 Å². The Bertz CT molecular complexity index is 696. The van der Waals surface area contributed by atoms with Crippen LogP contribution in [0.5, 0.6) is 0 Å². The molecule has 2 heterocycles. The second kappa shape index (κ2) is 5.57. The minimum Gasteiger partial charge on any atom is -0.478 e. The molecule has 0 saturated carbocycles. The van der Waals surface area contributed by atoms with E-state index in [4.69, 9.17) is 5.11 Å². The second-order valence-corrected chi connectivity index (χ2v) is 5.82. The van der Waals surface area contributed by atoms with Gasteiger partial charge in [-0.15, -0.1) is 11.3 Å². The van der Waals surface area contributed by atoms with Crippen LogP contribution in [-0.4, -0.2) is 28.6 Å². The Kier molecular flexibility index (Phi) is 3.62. The van der Waals surface area contributed by atoms with E-state index >= 15 is 0 Å².